The summed E-state index contributed by atoms with van der Waals surface area (Å²) in [4.78, 5) is 5.03. The lowest BCUT2D eigenvalue weighted by Gasteiger charge is -2.20. The number of aryl methyl sites for hydroxylation is 2. The molecule has 0 N–H and O–H groups in total. The van der Waals surface area contributed by atoms with Crippen LogP contribution >= 0.6 is 0 Å². The van der Waals surface area contributed by atoms with Gasteiger partial charge in [-0.15, -0.1) is 0 Å². The van der Waals surface area contributed by atoms with E-state index in [0.29, 0.717) is 5.56 Å². The van der Waals surface area contributed by atoms with Crippen LogP contribution in [0.5, 0.6) is 0 Å². The van der Waals surface area contributed by atoms with Crippen molar-refractivity contribution in [1.29, 1.82) is 5.26 Å². The summed E-state index contributed by atoms with van der Waals surface area (Å²) >= 11 is 0. The van der Waals surface area contributed by atoms with Crippen molar-refractivity contribution in [3.05, 3.63) is 187 Å². The Morgan fingerprint density at radius 2 is 0.889 bits per heavy atom. The zero-order chi connectivity index (χ0) is 36.3. The molecule has 4 nitrogen and oxygen atoms in total. The Kier molecular flexibility index (Phi) is 7.28. The van der Waals surface area contributed by atoms with E-state index in [1.54, 1.807) is 0 Å². The van der Waals surface area contributed by atoms with E-state index < -0.39 is 0 Å². The van der Waals surface area contributed by atoms with Gasteiger partial charge in [-0.05, 0) is 78.1 Å². The van der Waals surface area contributed by atoms with Gasteiger partial charge in [0, 0.05) is 27.1 Å². The molecule has 0 aliphatic carbocycles. The van der Waals surface area contributed by atoms with Crippen LogP contribution in [0.3, 0.4) is 0 Å². The van der Waals surface area contributed by atoms with Gasteiger partial charge in [0.2, 0.25) is 0 Å². The minimum absolute atomic E-state index is 0.606. The average Bonchev–Trinajstić information content (AvgIpc) is 3.72. The second-order valence-corrected chi connectivity index (χ2v) is 14.2. The first-order valence-electron chi connectivity index (χ1n) is 18.3. The molecule has 54 heavy (non-hydrogen) atoms. The molecule has 0 atom stereocenters. The molecule has 3 aromatic heterocycles. The third-order valence-electron chi connectivity index (χ3n) is 10.7. The van der Waals surface area contributed by atoms with Crippen LogP contribution in [0.4, 0.5) is 0 Å². The smallest absolute Gasteiger partial charge is 0.0991 e. The average molecular weight is 691 g/mol. The van der Waals surface area contributed by atoms with Crippen molar-refractivity contribution in [2.24, 2.45) is 0 Å². The van der Waals surface area contributed by atoms with Crippen molar-refractivity contribution in [3.63, 3.8) is 0 Å². The summed E-state index contributed by atoms with van der Waals surface area (Å²) in [6.07, 6.45) is 3.96. The maximum atomic E-state index is 10.1. The summed E-state index contributed by atoms with van der Waals surface area (Å²) in [5, 5.41) is 14.8. The van der Waals surface area contributed by atoms with Gasteiger partial charge in [0.05, 0.1) is 57.5 Å². The number of para-hydroxylation sites is 2. The summed E-state index contributed by atoms with van der Waals surface area (Å²) < 4.78 is 4.72. The summed E-state index contributed by atoms with van der Waals surface area (Å²) in [5.41, 5.74) is 15.9. The van der Waals surface area contributed by atoms with Crippen LogP contribution in [0.1, 0.15) is 16.7 Å². The zero-order valence-corrected chi connectivity index (χ0v) is 30.0. The molecule has 0 amide bonds. The number of benzene rings is 7. The van der Waals surface area contributed by atoms with Gasteiger partial charge in [-0.3, -0.25) is 4.98 Å². The number of nitrogens with zero attached hydrogens (tertiary/aromatic N) is 4. The predicted molar refractivity (Wildman–Crippen MR) is 223 cm³/mol. The van der Waals surface area contributed by atoms with E-state index in [0.717, 1.165) is 55.7 Å². The Bertz CT molecular complexity index is 2970. The molecule has 0 saturated carbocycles. The zero-order valence-electron chi connectivity index (χ0n) is 30.0. The van der Waals surface area contributed by atoms with Gasteiger partial charge in [-0.2, -0.15) is 5.26 Å². The third kappa shape index (κ3) is 5.02. The molecular weight excluding hydrogens is 657 g/mol. The minimum Gasteiger partial charge on any atom is -0.307 e. The van der Waals surface area contributed by atoms with E-state index >= 15 is 0 Å². The summed E-state index contributed by atoms with van der Waals surface area (Å²) in [6.45, 7) is 4.27. The monoisotopic (exact) mass is 690 g/mol. The molecule has 254 valence electrons. The van der Waals surface area contributed by atoms with Gasteiger partial charge in [-0.1, -0.05) is 132 Å². The fraction of sp³-hybridized carbons (Fsp3) is 0.0400. The van der Waals surface area contributed by atoms with E-state index in [1.807, 2.05) is 30.6 Å². The van der Waals surface area contributed by atoms with E-state index in [2.05, 4.69) is 169 Å². The standard InChI is InChI=1S/C50H34N4/c1-32-10-7-13-35(24-32)37-20-22-42-40-16-3-5-18-44(40)53(46(42)27-37)48-30-52-31-49(50(48)39-15-9-12-34(26-39)29-51)54-45-19-6-4-17-41(45)43-23-21-38(28-47(43)54)36-14-8-11-33(2)25-36/h3-28,30-31H,1-2H3. The van der Waals surface area contributed by atoms with Crippen LogP contribution in [0.15, 0.2) is 170 Å². The highest BCUT2D eigenvalue weighted by Crippen LogP contribution is 2.43. The molecule has 4 heteroatoms. The first-order chi connectivity index (χ1) is 26.6. The molecule has 0 aliphatic heterocycles. The van der Waals surface area contributed by atoms with Crippen molar-refractivity contribution in [2.45, 2.75) is 13.8 Å². The van der Waals surface area contributed by atoms with Crippen LogP contribution in [-0.4, -0.2) is 14.1 Å². The van der Waals surface area contributed by atoms with E-state index in [4.69, 9.17) is 4.98 Å². The molecule has 3 heterocycles. The first kappa shape index (κ1) is 31.5. The molecule has 10 aromatic rings. The maximum Gasteiger partial charge on any atom is 0.0991 e. The summed E-state index contributed by atoms with van der Waals surface area (Å²) in [5.74, 6) is 0. The number of pyridine rings is 1. The largest absolute Gasteiger partial charge is 0.307 e. The fourth-order valence-corrected chi connectivity index (χ4v) is 8.29. The Balaban J connectivity index is 1.33. The normalized spacial score (nSPS) is 11.5. The molecule has 0 aliphatic rings. The molecule has 0 spiro atoms. The number of aromatic nitrogens is 3. The molecule has 0 saturated heterocycles. The van der Waals surface area contributed by atoms with E-state index in [-0.39, 0.29) is 0 Å². The highest BCUT2D eigenvalue weighted by Gasteiger charge is 2.23. The molecule has 7 aromatic carbocycles. The van der Waals surface area contributed by atoms with Crippen LogP contribution in [0.25, 0.3) is 88.4 Å². The second kappa shape index (κ2) is 12.5. The molecule has 10 rings (SSSR count). The lowest BCUT2D eigenvalue weighted by Crippen LogP contribution is -2.05. The Morgan fingerprint density at radius 3 is 1.41 bits per heavy atom. The quantitative estimate of drug-likeness (QED) is 0.180. The van der Waals surface area contributed by atoms with Crippen LogP contribution in [-0.2, 0) is 0 Å². The third-order valence-corrected chi connectivity index (χ3v) is 10.7. The minimum atomic E-state index is 0.606. The number of hydrogen-bond donors (Lipinski definition) is 0. The Hall–Kier alpha value is -7.22. The topological polar surface area (TPSA) is 46.5 Å². The molecule has 0 unspecified atom stereocenters. The lowest BCUT2D eigenvalue weighted by molar-refractivity contribution is 1.09. The maximum absolute atomic E-state index is 10.1. The van der Waals surface area contributed by atoms with Crippen LogP contribution in [0.2, 0.25) is 0 Å². The van der Waals surface area contributed by atoms with Gasteiger partial charge in [-0.25, -0.2) is 0 Å². The van der Waals surface area contributed by atoms with Crippen LogP contribution in [0, 0.1) is 25.2 Å². The lowest BCUT2D eigenvalue weighted by atomic mass is 10.00. The SMILES string of the molecule is Cc1cccc(-c2ccc3c4ccccc4n(-c4cncc(-n5c6ccccc6c6ccc(-c7cccc(C)c7)cc65)c4-c4cccc(C#N)c4)c3c2)c1. The molecule has 0 bridgehead atoms. The number of fused-ring (bicyclic) bond motifs is 6. The van der Waals surface area contributed by atoms with Crippen molar-refractivity contribution < 1.29 is 0 Å². The molecular formula is C50H34N4. The number of rotatable bonds is 5. The molecule has 0 radical (unpaired) electrons. The summed E-state index contributed by atoms with van der Waals surface area (Å²) in [7, 11) is 0. The fourth-order valence-electron chi connectivity index (χ4n) is 8.29. The molecule has 0 fully saturated rings. The van der Waals surface area contributed by atoms with E-state index in [1.165, 1.54) is 43.8 Å². The van der Waals surface area contributed by atoms with Crippen molar-refractivity contribution in [1.82, 2.24) is 14.1 Å². The highest BCUT2D eigenvalue weighted by molar-refractivity contribution is 6.13. The van der Waals surface area contributed by atoms with Crippen molar-refractivity contribution in [3.8, 4) is 50.8 Å². The number of hydrogen-bond acceptors (Lipinski definition) is 2. The first-order valence-corrected chi connectivity index (χ1v) is 18.3. The van der Waals surface area contributed by atoms with Gasteiger partial charge in [0.25, 0.3) is 0 Å². The van der Waals surface area contributed by atoms with E-state index in [9.17, 15) is 5.26 Å². The Morgan fingerprint density at radius 1 is 0.426 bits per heavy atom. The van der Waals surface area contributed by atoms with Gasteiger partial charge in [0.15, 0.2) is 0 Å². The Labute approximate surface area is 313 Å². The van der Waals surface area contributed by atoms with Crippen LogP contribution < -0.4 is 0 Å². The van der Waals surface area contributed by atoms with Gasteiger partial charge >= 0.3 is 0 Å². The van der Waals surface area contributed by atoms with Gasteiger partial charge < -0.3 is 9.13 Å². The number of nitriles is 1. The van der Waals surface area contributed by atoms with Gasteiger partial charge in [0.1, 0.15) is 0 Å². The predicted octanol–water partition coefficient (Wildman–Crippen LogP) is 12.8. The van der Waals surface area contributed by atoms with Crippen molar-refractivity contribution >= 4 is 43.6 Å². The van der Waals surface area contributed by atoms with Crippen molar-refractivity contribution in [2.75, 3.05) is 0 Å². The second-order valence-electron chi connectivity index (χ2n) is 14.2. The highest BCUT2D eigenvalue weighted by atomic mass is 15.0. The summed E-state index contributed by atoms with van der Waals surface area (Å²) in [6, 6.07) is 58.5.